The van der Waals surface area contributed by atoms with Crippen LogP contribution in [-0.2, 0) is 20.9 Å². The van der Waals surface area contributed by atoms with E-state index in [-0.39, 0.29) is 18.9 Å². The van der Waals surface area contributed by atoms with E-state index in [4.69, 9.17) is 4.42 Å². The highest BCUT2D eigenvalue weighted by molar-refractivity contribution is 5.91. The van der Waals surface area contributed by atoms with Gasteiger partial charge in [0.05, 0.1) is 18.7 Å². The Morgan fingerprint density at radius 3 is 2.59 bits per heavy atom. The Kier molecular flexibility index (Phi) is 5.30. The van der Waals surface area contributed by atoms with Crippen LogP contribution < -0.4 is 5.32 Å². The van der Waals surface area contributed by atoms with Gasteiger partial charge in [-0.15, -0.1) is 0 Å². The van der Waals surface area contributed by atoms with Crippen LogP contribution in [0.3, 0.4) is 0 Å². The van der Waals surface area contributed by atoms with Gasteiger partial charge in [0.1, 0.15) is 5.76 Å². The monoisotopic (exact) mass is 370 g/mol. The second kappa shape index (κ2) is 7.65. The smallest absolute Gasteiger partial charge is 0.330 e. The zero-order valence-electron chi connectivity index (χ0n) is 15.3. The largest absolute Gasteiger partial charge is 0.479 e. The highest BCUT2D eigenvalue weighted by Crippen LogP contribution is 2.23. The number of amides is 2. The SMILES string of the molecule is Cc1cc(C)cc(C(NC(=O)C2CC(=O)N(Cc3ccco3)C2)C(=O)O)c1. The van der Waals surface area contributed by atoms with Gasteiger partial charge < -0.3 is 19.7 Å². The highest BCUT2D eigenvalue weighted by Gasteiger charge is 2.36. The molecule has 2 heterocycles. The Morgan fingerprint density at radius 2 is 2.00 bits per heavy atom. The van der Waals surface area contributed by atoms with Gasteiger partial charge in [-0.05, 0) is 31.5 Å². The van der Waals surface area contributed by atoms with Crippen LogP contribution in [0.15, 0.2) is 41.0 Å². The zero-order valence-corrected chi connectivity index (χ0v) is 15.3. The fourth-order valence-corrected chi connectivity index (χ4v) is 3.42. The van der Waals surface area contributed by atoms with Crippen molar-refractivity contribution in [2.75, 3.05) is 6.54 Å². The summed E-state index contributed by atoms with van der Waals surface area (Å²) in [6.07, 6.45) is 1.59. The van der Waals surface area contributed by atoms with Crippen molar-refractivity contribution >= 4 is 17.8 Å². The number of furan rings is 1. The number of rotatable bonds is 6. The van der Waals surface area contributed by atoms with Crippen molar-refractivity contribution in [1.29, 1.82) is 0 Å². The molecule has 2 aromatic rings. The number of hydrogen-bond acceptors (Lipinski definition) is 4. The zero-order chi connectivity index (χ0) is 19.6. The summed E-state index contributed by atoms with van der Waals surface area (Å²) >= 11 is 0. The van der Waals surface area contributed by atoms with Crippen LogP contribution in [0.25, 0.3) is 0 Å². The Balaban J connectivity index is 1.69. The first-order valence-electron chi connectivity index (χ1n) is 8.75. The van der Waals surface area contributed by atoms with E-state index < -0.39 is 23.8 Å². The molecule has 7 heteroatoms. The van der Waals surface area contributed by atoms with E-state index in [9.17, 15) is 19.5 Å². The van der Waals surface area contributed by atoms with Gasteiger partial charge in [-0.1, -0.05) is 29.3 Å². The van der Waals surface area contributed by atoms with Gasteiger partial charge in [0.2, 0.25) is 11.8 Å². The van der Waals surface area contributed by atoms with Crippen molar-refractivity contribution in [1.82, 2.24) is 10.2 Å². The van der Waals surface area contributed by atoms with E-state index in [0.717, 1.165) is 11.1 Å². The third kappa shape index (κ3) is 4.36. The van der Waals surface area contributed by atoms with E-state index in [1.807, 2.05) is 19.9 Å². The number of carbonyl (C=O) groups excluding carboxylic acids is 2. The molecule has 2 atom stereocenters. The van der Waals surface area contributed by atoms with Gasteiger partial charge in [-0.25, -0.2) is 4.79 Å². The molecule has 7 nitrogen and oxygen atoms in total. The van der Waals surface area contributed by atoms with Gasteiger partial charge in [-0.2, -0.15) is 0 Å². The van der Waals surface area contributed by atoms with Crippen molar-refractivity contribution in [3.05, 3.63) is 59.0 Å². The third-order valence-electron chi connectivity index (χ3n) is 4.62. The maximum atomic E-state index is 12.6. The summed E-state index contributed by atoms with van der Waals surface area (Å²) in [5.41, 5.74) is 2.36. The van der Waals surface area contributed by atoms with Gasteiger partial charge in [0.25, 0.3) is 0 Å². The number of carboxylic acid groups (broad SMARTS) is 1. The molecule has 0 aliphatic carbocycles. The normalized spacial score (nSPS) is 17.8. The molecule has 1 aromatic carbocycles. The van der Waals surface area contributed by atoms with Crippen molar-refractivity contribution in [3.8, 4) is 0 Å². The molecule has 2 unspecified atom stereocenters. The minimum absolute atomic E-state index is 0.0612. The van der Waals surface area contributed by atoms with Crippen LogP contribution >= 0.6 is 0 Å². The Hall–Kier alpha value is -3.09. The minimum Gasteiger partial charge on any atom is -0.479 e. The Labute approximate surface area is 157 Å². The summed E-state index contributed by atoms with van der Waals surface area (Å²) in [5, 5.41) is 12.2. The standard InChI is InChI=1S/C20H22N2O5/c1-12-6-13(2)8-14(7-12)18(20(25)26)21-19(24)15-9-17(23)22(10-15)11-16-4-3-5-27-16/h3-8,15,18H,9-11H2,1-2H3,(H,21,24)(H,25,26). The second-order valence-electron chi connectivity index (χ2n) is 6.96. The van der Waals surface area contributed by atoms with Gasteiger partial charge in [0.15, 0.2) is 6.04 Å². The first-order valence-corrected chi connectivity index (χ1v) is 8.75. The summed E-state index contributed by atoms with van der Waals surface area (Å²) in [7, 11) is 0. The maximum absolute atomic E-state index is 12.6. The number of carboxylic acids is 1. The lowest BCUT2D eigenvalue weighted by molar-refractivity contribution is -0.142. The number of nitrogens with zero attached hydrogens (tertiary/aromatic N) is 1. The second-order valence-corrected chi connectivity index (χ2v) is 6.96. The van der Waals surface area contributed by atoms with Crippen LogP contribution in [0.4, 0.5) is 0 Å². The summed E-state index contributed by atoms with van der Waals surface area (Å²) < 4.78 is 5.24. The number of nitrogens with one attached hydrogen (secondary N) is 1. The summed E-state index contributed by atoms with van der Waals surface area (Å²) in [4.78, 5) is 38.1. The van der Waals surface area contributed by atoms with Gasteiger partial charge in [0, 0.05) is 13.0 Å². The van der Waals surface area contributed by atoms with Crippen molar-refractivity contribution < 1.29 is 23.9 Å². The van der Waals surface area contributed by atoms with Crippen molar-refractivity contribution in [2.45, 2.75) is 32.9 Å². The minimum atomic E-state index is -1.15. The molecule has 1 aromatic heterocycles. The Morgan fingerprint density at radius 1 is 1.30 bits per heavy atom. The molecule has 142 valence electrons. The molecule has 1 aliphatic rings. The molecular formula is C20H22N2O5. The first kappa shape index (κ1) is 18.7. The predicted molar refractivity (Wildman–Crippen MR) is 96.7 cm³/mol. The molecule has 0 bridgehead atoms. The van der Waals surface area contributed by atoms with Crippen LogP contribution in [0.5, 0.6) is 0 Å². The van der Waals surface area contributed by atoms with Crippen molar-refractivity contribution in [2.24, 2.45) is 5.92 Å². The van der Waals surface area contributed by atoms with E-state index >= 15 is 0 Å². The van der Waals surface area contributed by atoms with Crippen LogP contribution in [0, 0.1) is 19.8 Å². The number of likely N-dealkylation sites (tertiary alicyclic amines) is 1. The molecule has 3 rings (SSSR count). The molecule has 0 spiro atoms. The lowest BCUT2D eigenvalue weighted by Gasteiger charge is -2.19. The summed E-state index contributed by atoms with van der Waals surface area (Å²) in [6.45, 7) is 4.29. The fourth-order valence-electron chi connectivity index (χ4n) is 3.42. The van der Waals surface area contributed by atoms with Crippen LogP contribution in [0.1, 0.15) is 34.9 Å². The predicted octanol–water partition coefficient (Wildman–Crippen LogP) is 2.19. The fraction of sp³-hybridized carbons (Fsp3) is 0.350. The molecule has 27 heavy (non-hydrogen) atoms. The third-order valence-corrected chi connectivity index (χ3v) is 4.62. The van der Waals surface area contributed by atoms with E-state index in [2.05, 4.69) is 5.32 Å². The molecule has 0 radical (unpaired) electrons. The molecular weight excluding hydrogens is 348 g/mol. The molecule has 2 N–H and O–H groups in total. The molecule has 1 fully saturated rings. The highest BCUT2D eigenvalue weighted by atomic mass is 16.4. The average molecular weight is 370 g/mol. The molecule has 2 amide bonds. The number of benzene rings is 1. The number of carbonyl (C=O) groups is 3. The molecule has 0 saturated carbocycles. The van der Waals surface area contributed by atoms with E-state index in [1.54, 1.807) is 29.2 Å². The summed E-state index contributed by atoms with van der Waals surface area (Å²) in [5.74, 6) is -1.66. The lowest BCUT2D eigenvalue weighted by Crippen LogP contribution is -2.38. The lowest BCUT2D eigenvalue weighted by atomic mass is 10.00. The van der Waals surface area contributed by atoms with E-state index in [1.165, 1.54) is 6.26 Å². The van der Waals surface area contributed by atoms with Crippen molar-refractivity contribution in [3.63, 3.8) is 0 Å². The Bertz CT molecular complexity index is 839. The van der Waals surface area contributed by atoms with E-state index in [0.29, 0.717) is 17.9 Å². The molecule has 1 saturated heterocycles. The van der Waals surface area contributed by atoms with Gasteiger partial charge >= 0.3 is 5.97 Å². The number of hydrogen-bond donors (Lipinski definition) is 2. The summed E-state index contributed by atoms with van der Waals surface area (Å²) in [6, 6.07) is 7.78. The van der Waals surface area contributed by atoms with Crippen LogP contribution in [0.2, 0.25) is 0 Å². The maximum Gasteiger partial charge on any atom is 0.330 e. The molecule has 1 aliphatic heterocycles. The average Bonchev–Trinajstić information content (AvgIpc) is 3.22. The first-order chi connectivity index (χ1) is 12.8. The number of aryl methyl sites for hydroxylation is 2. The number of aliphatic carboxylic acids is 1. The van der Waals surface area contributed by atoms with Gasteiger partial charge in [-0.3, -0.25) is 9.59 Å². The van der Waals surface area contributed by atoms with Crippen LogP contribution in [-0.4, -0.2) is 34.3 Å². The quantitative estimate of drug-likeness (QED) is 0.812. The topological polar surface area (TPSA) is 99.9 Å².